The largest absolute Gasteiger partial charge is 0.393 e. The van der Waals surface area contributed by atoms with Gasteiger partial charge in [-0.2, -0.15) is 0 Å². The molecule has 0 amide bonds. The van der Waals surface area contributed by atoms with Crippen molar-refractivity contribution in [1.29, 1.82) is 0 Å². The maximum Gasteiger partial charge on any atom is 0.0545 e. The Labute approximate surface area is 56.1 Å². The van der Waals surface area contributed by atoms with Crippen LogP contribution in [-0.2, 0) is 0 Å². The van der Waals surface area contributed by atoms with E-state index in [1.807, 2.05) is 0 Å². The third-order valence-corrected chi connectivity index (χ3v) is 3.09. The van der Waals surface area contributed by atoms with Crippen LogP contribution in [0.3, 0.4) is 0 Å². The topological polar surface area (TPSA) is 20.2 Å². The van der Waals surface area contributed by atoms with Gasteiger partial charge >= 0.3 is 0 Å². The molecule has 9 heavy (non-hydrogen) atoms. The molecule has 0 aromatic heterocycles. The van der Waals surface area contributed by atoms with E-state index < -0.39 is 0 Å². The molecular weight excluding hydrogens is 112 g/mol. The quantitative estimate of drug-likeness (QED) is 0.523. The lowest BCUT2D eigenvalue weighted by Crippen LogP contribution is -2.26. The molecule has 2 aliphatic carbocycles. The lowest BCUT2D eigenvalue weighted by atomic mass is 9.68. The van der Waals surface area contributed by atoms with Crippen LogP contribution in [0, 0.1) is 5.41 Å². The van der Waals surface area contributed by atoms with Crippen LogP contribution in [0.2, 0.25) is 0 Å². The second-order valence-corrected chi connectivity index (χ2v) is 3.75. The SMILES string of the molecule is OC1CCC2(CCC2)C1. The Hall–Kier alpha value is -0.0400. The lowest BCUT2D eigenvalue weighted by Gasteiger charge is -2.38. The maximum atomic E-state index is 9.23. The van der Waals surface area contributed by atoms with Crippen molar-refractivity contribution in [2.45, 2.75) is 44.6 Å². The molecule has 2 rings (SSSR count). The predicted molar refractivity (Wildman–Crippen MR) is 36.1 cm³/mol. The van der Waals surface area contributed by atoms with E-state index in [4.69, 9.17) is 0 Å². The minimum absolute atomic E-state index is 0.0466. The van der Waals surface area contributed by atoms with Crippen molar-refractivity contribution < 1.29 is 5.11 Å². The summed E-state index contributed by atoms with van der Waals surface area (Å²) in [6.45, 7) is 0. The summed E-state index contributed by atoms with van der Waals surface area (Å²) in [5.41, 5.74) is 0.638. The number of aliphatic hydroxyl groups is 1. The van der Waals surface area contributed by atoms with Gasteiger partial charge in [0.2, 0.25) is 0 Å². The van der Waals surface area contributed by atoms with Crippen LogP contribution >= 0.6 is 0 Å². The maximum absolute atomic E-state index is 9.23. The molecule has 0 aromatic carbocycles. The van der Waals surface area contributed by atoms with Crippen LogP contribution in [-0.4, -0.2) is 11.2 Å². The fraction of sp³-hybridized carbons (Fsp3) is 1.00. The lowest BCUT2D eigenvalue weighted by molar-refractivity contribution is 0.104. The summed E-state index contributed by atoms with van der Waals surface area (Å²) in [5.74, 6) is 0. The first kappa shape index (κ1) is 5.72. The van der Waals surface area contributed by atoms with Crippen molar-refractivity contribution in [3.8, 4) is 0 Å². The van der Waals surface area contributed by atoms with Gasteiger partial charge < -0.3 is 5.11 Å². The van der Waals surface area contributed by atoms with Crippen molar-refractivity contribution >= 4 is 0 Å². The Morgan fingerprint density at radius 1 is 1.22 bits per heavy atom. The number of aliphatic hydroxyl groups excluding tert-OH is 1. The molecule has 0 saturated heterocycles. The third kappa shape index (κ3) is 0.787. The van der Waals surface area contributed by atoms with E-state index in [2.05, 4.69) is 0 Å². The summed E-state index contributed by atoms with van der Waals surface area (Å²) in [6.07, 6.45) is 7.72. The summed E-state index contributed by atoms with van der Waals surface area (Å²) in [5, 5.41) is 9.23. The van der Waals surface area contributed by atoms with Crippen molar-refractivity contribution in [3.63, 3.8) is 0 Å². The number of hydrogen-bond acceptors (Lipinski definition) is 1. The highest BCUT2D eigenvalue weighted by Crippen LogP contribution is 2.52. The minimum Gasteiger partial charge on any atom is -0.393 e. The van der Waals surface area contributed by atoms with E-state index in [1.165, 1.54) is 25.7 Å². The van der Waals surface area contributed by atoms with Gasteiger partial charge in [-0.1, -0.05) is 6.42 Å². The fourth-order valence-corrected chi connectivity index (χ4v) is 2.31. The fourth-order valence-electron chi connectivity index (χ4n) is 2.31. The van der Waals surface area contributed by atoms with Crippen LogP contribution in [0.1, 0.15) is 38.5 Å². The highest BCUT2D eigenvalue weighted by Gasteiger charge is 2.42. The van der Waals surface area contributed by atoms with Crippen LogP contribution in [0.4, 0.5) is 0 Å². The minimum atomic E-state index is 0.0466. The van der Waals surface area contributed by atoms with Gasteiger partial charge in [-0.05, 0) is 37.5 Å². The van der Waals surface area contributed by atoms with Gasteiger partial charge in [-0.15, -0.1) is 0 Å². The van der Waals surface area contributed by atoms with Gasteiger partial charge in [0.15, 0.2) is 0 Å². The Morgan fingerprint density at radius 2 is 2.00 bits per heavy atom. The standard InChI is InChI=1S/C8H14O/c9-7-2-5-8(6-7)3-1-4-8/h7,9H,1-6H2. The first-order chi connectivity index (χ1) is 4.31. The molecule has 1 heteroatoms. The van der Waals surface area contributed by atoms with Gasteiger partial charge in [0.1, 0.15) is 0 Å². The van der Waals surface area contributed by atoms with E-state index in [0.29, 0.717) is 5.41 Å². The summed E-state index contributed by atoms with van der Waals surface area (Å²) < 4.78 is 0. The Balaban J connectivity index is 1.99. The number of rotatable bonds is 0. The molecule has 2 aliphatic rings. The Morgan fingerprint density at radius 3 is 2.22 bits per heavy atom. The molecule has 1 unspecified atom stereocenters. The summed E-state index contributed by atoms with van der Waals surface area (Å²) in [7, 11) is 0. The first-order valence-corrected chi connectivity index (χ1v) is 3.99. The van der Waals surface area contributed by atoms with Gasteiger partial charge in [0.05, 0.1) is 6.10 Å². The molecule has 0 bridgehead atoms. The molecule has 2 fully saturated rings. The summed E-state index contributed by atoms with van der Waals surface area (Å²) >= 11 is 0. The molecule has 0 aliphatic heterocycles. The predicted octanol–water partition coefficient (Wildman–Crippen LogP) is 1.70. The molecule has 2 saturated carbocycles. The number of hydrogen-bond donors (Lipinski definition) is 1. The van der Waals surface area contributed by atoms with E-state index in [0.717, 1.165) is 12.8 Å². The Kier molecular flexibility index (Phi) is 1.10. The van der Waals surface area contributed by atoms with Crippen LogP contribution < -0.4 is 0 Å². The second-order valence-electron chi connectivity index (χ2n) is 3.75. The normalized spacial score (nSPS) is 39.0. The highest BCUT2D eigenvalue weighted by atomic mass is 16.3. The first-order valence-electron chi connectivity index (χ1n) is 3.99. The monoisotopic (exact) mass is 126 g/mol. The zero-order valence-corrected chi connectivity index (χ0v) is 5.77. The second kappa shape index (κ2) is 1.72. The molecule has 52 valence electrons. The molecule has 1 spiro atoms. The van der Waals surface area contributed by atoms with Gasteiger partial charge in [0.25, 0.3) is 0 Å². The highest BCUT2D eigenvalue weighted by molar-refractivity contribution is 4.94. The third-order valence-electron chi connectivity index (χ3n) is 3.09. The molecule has 1 atom stereocenters. The smallest absolute Gasteiger partial charge is 0.0545 e. The van der Waals surface area contributed by atoms with Crippen molar-refractivity contribution in [1.82, 2.24) is 0 Å². The van der Waals surface area contributed by atoms with E-state index >= 15 is 0 Å². The molecule has 0 radical (unpaired) electrons. The van der Waals surface area contributed by atoms with Crippen molar-refractivity contribution in [2.24, 2.45) is 5.41 Å². The van der Waals surface area contributed by atoms with Gasteiger partial charge in [-0.25, -0.2) is 0 Å². The van der Waals surface area contributed by atoms with E-state index in [-0.39, 0.29) is 6.10 Å². The molecule has 0 aromatic rings. The van der Waals surface area contributed by atoms with Crippen molar-refractivity contribution in [2.75, 3.05) is 0 Å². The zero-order chi connectivity index (χ0) is 6.32. The average Bonchev–Trinajstić information content (AvgIpc) is 2.09. The van der Waals surface area contributed by atoms with Crippen molar-refractivity contribution in [3.05, 3.63) is 0 Å². The summed E-state index contributed by atoms with van der Waals surface area (Å²) in [4.78, 5) is 0. The zero-order valence-electron chi connectivity index (χ0n) is 5.77. The van der Waals surface area contributed by atoms with E-state index in [1.54, 1.807) is 0 Å². The Bertz CT molecular complexity index is 116. The van der Waals surface area contributed by atoms with Crippen LogP contribution in [0.15, 0.2) is 0 Å². The molecule has 1 N–H and O–H groups in total. The summed E-state index contributed by atoms with van der Waals surface area (Å²) in [6, 6.07) is 0. The van der Waals surface area contributed by atoms with Gasteiger partial charge in [0, 0.05) is 0 Å². The van der Waals surface area contributed by atoms with Crippen LogP contribution in [0.25, 0.3) is 0 Å². The average molecular weight is 126 g/mol. The molecular formula is C8H14O. The van der Waals surface area contributed by atoms with E-state index in [9.17, 15) is 5.11 Å². The molecule has 1 nitrogen and oxygen atoms in total. The van der Waals surface area contributed by atoms with Gasteiger partial charge in [-0.3, -0.25) is 0 Å². The van der Waals surface area contributed by atoms with Crippen LogP contribution in [0.5, 0.6) is 0 Å². The molecule has 0 heterocycles.